The third kappa shape index (κ3) is 11.0. The number of hydrogen-bond acceptors (Lipinski definition) is 5. The highest BCUT2D eigenvalue weighted by Crippen LogP contribution is 2.38. The average molecular weight is 639 g/mol. The van der Waals surface area contributed by atoms with E-state index in [0.717, 1.165) is 22.5 Å². The van der Waals surface area contributed by atoms with Crippen LogP contribution >= 0.6 is 0 Å². The van der Waals surface area contributed by atoms with Crippen LogP contribution in [-0.2, 0) is 14.0 Å². The van der Waals surface area contributed by atoms with Gasteiger partial charge >= 0.3 is 12.1 Å². The topological polar surface area (TPSA) is 96.9 Å². The Labute approximate surface area is 273 Å². The molecular formula is C37H58N2O5Si. The zero-order valence-corrected chi connectivity index (χ0v) is 29.7. The van der Waals surface area contributed by atoms with Gasteiger partial charge in [0.05, 0.1) is 6.10 Å². The van der Waals surface area contributed by atoms with Crippen LogP contribution in [0.1, 0.15) is 113 Å². The second kappa shape index (κ2) is 16.8. The molecule has 250 valence electrons. The van der Waals surface area contributed by atoms with Crippen LogP contribution in [0.4, 0.5) is 4.79 Å². The molecule has 2 aliphatic carbocycles. The number of amides is 1. The van der Waals surface area contributed by atoms with Crippen LogP contribution in [-0.4, -0.2) is 55.3 Å². The van der Waals surface area contributed by atoms with Crippen LogP contribution < -0.4 is 21.0 Å². The molecule has 0 unspecified atom stereocenters. The zero-order valence-electron chi connectivity index (χ0n) is 28.7. The van der Waals surface area contributed by atoms with Crippen molar-refractivity contribution in [3.63, 3.8) is 0 Å². The summed E-state index contributed by atoms with van der Waals surface area (Å²) in [7, 11) is -2.97. The van der Waals surface area contributed by atoms with E-state index >= 15 is 0 Å². The molecule has 0 spiro atoms. The van der Waals surface area contributed by atoms with Gasteiger partial charge in [0.25, 0.3) is 8.32 Å². The lowest BCUT2D eigenvalue weighted by Crippen LogP contribution is -2.69. The first kappa shape index (κ1) is 36.8. The lowest BCUT2D eigenvalue weighted by atomic mass is 9.91. The summed E-state index contributed by atoms with van der Waals surface area (Å²) >= 11 is 0. The van der Waals surface area contributed by atoms with Crippen LogP contribution in [0.2, 0.25) is 5.04 Å². The van der Waals surface area contributed by atoms with Crippen LogP contribution in [0, 0.1) is 0 Å². The van der Waals surface area contributed by atoms with Crippen molar-refractivity contribution in [2.45, 2.75) is 148 Å². The van der Waals surface area contributed by atoms with Crippen molar-refractivity contribution in [3.8, 4) is 0 Å². The highest BCUT2D eigenvalue weighted by atomic mass is 28.4. The number of aliphatic carboxylic acids is 1. The molecule has 0 bridgehead atoms. The quantitative estimate of drug-likeness (QED) is 0.252. The maximum Gasteiger partial charge on any atom is 0.408 e. The Morgan fingerprint density at radius 3 is 1.53 bits per heavy atom. The number of carbonyl (C=O) groups excluding carboxylic acids is 1. The molecule has 3 N–H and O–H groups in total. The Kier molecular flexibility index (Phi) is 13.7. The summed E-state index contributed by atoms with van der Waals surface area (Å²) < 4.78 is 12.1. The van der Waals surface area contributed by atoms with Gasteiger partial charge in [-0.2, -0.15) is 0 Å². The summed E-state index contributed by atoms with van der Waals surface area (Å²) in [5, 5.41) is 18.0. The fourth-order valence-corrected chi connectivity index (χ4v) is 11.4. The van der Waals surface area contributed by atoms with E-state index in [-0.39, 0.29) is 5.04 Å². The third-order valence-corrected chi connectivity index (χ3v) is 14.0. The molecule has 4 rings (SSSR count). The van der Waals surface area contributed by atoms with Crippen molar-refractivity contribution in [1.29, 1.82) is 0 Å². The van der Waals surface area contributed by atoms with Gasteiger partial charge in [-0.1, -0.05) is 120 Å². The first-order valence-corrected chi connectivity index (χ1v) is 18.9. The minimum absolute atomic E-state index is 0.320. The Balaban J connectivity index is 0.000000350. The van der Waals surface area contributed by atoms with Gasteiger partial charge in [0.2, 0.25) is 0 Å². The molecule has 1 amide bonds. The minimum atomic E-state index is -2.97. The van der Waals surface area contributed by atoms with Gasteiger partial charge in [-0.15, -0.1) is 0 Å². The second-order valence-corrected chi connectivity index (χ2v) is 19.0. The summed E-state index contributed by atoms with van der Waals surface area (Å²) in [5.41, 5.74) is -0.741. The van der Waals surface area contributed by atoms with Gasteiger partial charge in [-0.3, -0.25) is 0 Å². The second-order valence-electron chi connectivity index (χ2n) is 14.8. The third-order valence-electron chi connectivity index (χ3n) is 8.87. The molecule has 7 nitrogen and oxygen atoms in total. The van der Waals surface area contributed by atoms with Crippen LogP contribution in [0.3, 0.4) is 0 Å². The van der Waals surface area contributed by atoms with Gasteiger partial charge in [0.1, 0.15) is 5.60 Å². The maximum atomic E-state index is 12.3. The van der Waals surface area contributed by atoms with Gasteiger partial charge in [0.15, 0.2) is 6.04 Å². The zero-order chi connectivity index (χ0) is 33.1. The van der Waals surface area contributed by atoms with Gasteiger partial charge in [-0.25, -0.2) is 9.59 Å². The van der Waals surface area contributed by atoms with E-state index in [4.69, 9.17) is 9.16 Å². The summed E-state index contributed by atoms with van der Waals surface area (Å²) in [6.07, 6.45) is 13.0. The van der Waals surface area contributed by atoms with Gasteiger partial charge in [-0.05, 0) is 68.8 Å². The molecule has 2 aliphatic rings. The number of carbonyl (C=O) groups is 2. The van der Waals surface area contributed by atoms with E-state index in [2.05, 4.69) is 31.4 Å². The standard InChI is InChI=1S/C25H35NO5Si.C12H23N/c1-18(21(22(27)28)26-23(29)30-24(2,3)4)31-32(25(5,6)7,19-14-10-8-11-15-19)20-16-12-9-13-17-20;1-3-7-11(8-4-1)13-12-9-5-2-6-10-12/h8-18,21H,1-7H3,(H,26,29)(H,27,28);11-13H,1-10H2/t18-,21+;/m1./s1. The normalized spacial score (nSPS) is 18.2. The number of rotatable bonds is 9. The molecule has 2 aromatic carbocycles. The predicted molar refractivity (Wildman–Crippen MR) is 186 cm³/mol. The smallest absolute Gasteiger partial charge is 0.408 e. The monoisotopic (exact) mass is 638 g/mol. The van der Waals surface area contributed by atoms with Crippen LogP contribution in [0.15, 0.2) is 60.7 Å². The van der Waals surface area contributed by atoms with Gasteiger partial charge < -0.3 is 24.9 Å². The summed E-state index contributed by atoms with van der Waals surface area (Å²) in [6, 6.07) is 20.4. The Hall–Kier alpha value is -2.68. The molecular weight excluding hydrogens is 581 g/mol. The van der Waals surface area contributed by atoms with E-state index in [9.17, 15) is 14.7 Å². The number of alkyl carbamates (subject to hydrolysis) is 1. The molecule has 2 aromatic rings. The molecule has 0 aromatic heterocycles. The highest BCUT2D eigenvalue weighted by molar-refractivity contribution is 6.99. The van der Waals surface area contributed by atoms with Crippen molar-refractivity contribution in [2.75, 3.05) is 0 Å². The molecule has 0 aliphatic heterocycles. The molecule has 45 heavy (non-hydrogen) atoms. The van der Waals surface area contributed by atoms with E-state index in [0.29, 0.717) is 0 Å². The van der Waals surface area contributed by atoms with E-state index < -0.39 is 38.1 Å². The summed E-state index contributed by atoms with van der Waals surface area (Å²) in [6.45, 7) is 13.2. The number of ether oxygens (including phenoxy) is 1. The first-order chi connectivity index (χ1) is 21.2. The number of hydrogen-bond donors (Lipinski definition) is 3. The molecule has 2 atom stereocenters. The minimum Gasteiger partial charge on any atom is -0.480 e. The van der Waals surface area contributed by atoms with Crippen molar-refractivity contribution in [3.05, 3.63) is 60.7 Å². The molecule has 8 heteroatoms. The fraction of sp³-hybridized carbons (Fsp3) is 0.622. The highest BCUT2D eigenvalue weighted by Gasteiger charge is 2.52. The van der Waals surface area contributed by atoms with Gasteiger partial charge in [0, 0.05) is 12.1 Å². The van der Waals surface area contributed by atoms with Crippen molar-refractivity contribution in [1.82, 2.24) is 10.6 Å². The van der Waals surface area contributed by atoms with Crippen molar-refractivity contribution >= 4 is 30.8 Å². The molecule has 0 saturated heterocycles. The Morgan fingerprint density at radius 2 is 1.18 bits per heavy atom. The van der Waals surface area contributed by atoms with Crippen molar-refractivity contribution in [2.24, 2.45) is 0 Å². The Bertz CT molecular complexity index is 1110. The number of nitrogens with one attached hydrogen (secondary N) is 2. The number of carboxylic acids is 1. The van der Waals surface area contributed by atoms with E-state index in [1.165, 1.54) is 64.2 Å². The largest absolute Gasteiger partial charge is 0.480 e. The molecule has 0 radical (unpaired) electrons. The number of carboxylic acid groups (broad SMARTS) is 1. The number of benzene rings is 2. The average Bonchev–Trinajstić information content (AvgIpc) is 2.99. The predicted octanol–water partition coefficient (Wildman–Crippen LogP) is 7.17. The van der Waals surface area contributed by atoms with Crippen molar-refractivity contribution < 1.29 is 23.9 Å². The molecule has 2 saturated carbocycles. The lowest BCUT2D eigenvalue weighted by molar-refractivity contribution is -0.141. The van der Waals surface area contributed by atoms with E-state index in [1.54, 1.807) is 27.7 Å². The SMILES string of the molecule is C1CCC(NC2CCCCC2)CC1.C[C@@H](O[Si](c1ccccc1)(c1ccccc1)C(C)(C)C)[C@H](NC(=O)OC(C)(C)C)C(=O)O. The van der Waals surface area contributed by atoms with Crippen LogP contribution in [0.5, 0.6) is 0 Å². The fourth-order valence-electron chi connectivity index (χ4n) is 6.72. The lowest BCUT2D eigenvalue weighted by Gasteiger charge is -2.45. The van der Waals surface area contributed by atoms with Crippen LogP contribution in [0.25, 0.3) is 0 Å². The van der Waals surface area contributed by atoms with E-state index in [1.807, 2.05) is 60.7 Å². The molecule has 0 heterocycles. The summed E-state index contributed by atoms with van der Waals surface area (Å²) in [4.78, 5) is 24.5. The molecule has 2 fully saturated rings. The summed E-state index contributed by atoms with van der Waals surface area (Å²) in [5.74, 6) is -1.18. The first-order valence-electron chi connectivity index (χ1n) is 17.0. The maximum absolute atomic E-state index is 12.3. The Morgan fingerprint density at radius 1 is 0.756 bits per heavy atom.